The van der Waals surface area contributed by atoms with E-state index in [4.69, 9.17) is 4.74 Å². The quantitative estimate of drug-likeness (QED) is 0.692. The van der Waals surface area contributed by atoms with Crippen LogP contribution in [0.15, 0.2) is 22.1 Å². The summed E-state index contributed by atoms with van der Waals surface area (Å²) in [7, 11) is 0. The number of halogens is 1. The van der Waals surface area contributed by atoms with Crippen molar-refractivity contribution in [2.45, 2.75) is 32.8 Å². The molecule has 0 saturated carbocycles. The van der Waals surface area contributed by atoms with Crippen LogP contribution in [0.4, 0.5) is 10.6 Å². The smallest absolute Gasteiger partial charge is 0.410 e. The summed E-state index contributed by atoms with van der Waals surface area (Å²) >= 11 is 5.27. The number of anilines is 1. The molecule has 3 rings (SSSR count). The van der Waals surface area contributed by atoms with Gasteiger partial charge in [0.15, 0.2) is 0 Å². The first-order chi connectivity index (χ1) is 11.3. The van der Waals surface area contributed by atoms with Gasteiger partial charge in [-0.2, -0.15) is 0 Å². The summed E-state index contributed by atoms with van der Waals surface area (Å²) in [5.74, 6) is 1.00. The number of carbonyl (C=O) groups is 1. The number of hydrogen-bond donors (Lipinski definition) is 0. The summed E-state index contributed by atoms with van der Waals surface area (Å²) in [5, 5.41) is 1.17. The Bertz CT molecular complexity index is 741. The molecule has 0 atom stereocenters. The van der Waals surface area contributed by atoms with E-state index in [9.17, 15) is 4.79 Å². The van der Waals surface area contributed by atoms with Crippen LogP contribution in [-0.4, -0.2) is 47.8 Å². The van der Waals surface area contributed by atoms with E-state index in [1.807, 2.05) is 33.0 Å². The highest BCUT2D eigenvalue weighted by molar-refractivity contribution is 9.11. The van der Waals surface area contributed by atoms with E-state index in [1.54, 1.807) is 16.2 Å². The fourth-order valence-corrected chi connectivity index (χ4v) is 4.34. The molecule has 1 fully saturated rings. The molecule has 2 aromatic rings. The minimum absolute atomic E-state index is 0.228. The largest absolute Gasteiger partial charge is 0.444 e. The van der Waals surface area contributed by atoms with Crippen LogP contribution in [0.3, 0.4) is 0 Å². The molecule has 130 valence electrons. The van der Waals surface area contributed by atoms with Crippen molar-refractivity contribution in [2.24, 2.45) is 0 Å². The SMILES string of the molecule is CC(C)(C)OC(=O)N1CCCN(c2nccc3sc(Br)cc23)CC1. The zero-order valence-electron chi connectivity index (χ0n) is 14.2. The van der Waals surface area contributed by atoms with Gasteiger partial charge >= 0.3 is 6.09 Å². The van der Waals surface area contributed by atoms with Crippen LogP contribution in [0.2, 0.25) is 0 Å². The second-order valence-electron chi connectivity index (χ2n) is 6.90. The molecular formula is C17H22BrN3O2S. The summed E-state index contributed by atoms with van der Waals surface area (Å²) in [6.45, 7) is 8.71. The molecule has 0 N–H and O–H groups in total. The lowest BCUT2D eigenvalue weighted by atomic mass is 10.2. The molecule has 0 aliphatic carbocycles. The highest BCUT2D eigenvalue weighted by Crippen LogP contribution is 2.34. The van der Waals surface area contributed by atoms with Gasteiger partial charge in [0.05, 0.1) is 3.79 Å². The van der Waals surface area contributed by atoms with Crippen LogP contribution in [0.5, 0.6) is 0 Å². The van der Waals surface area contributed by atoms with Crippen LogP contribution in [0, 0.1) is 0 Å². The predicted molar refractivity (Wildman–Crippen MR) is 102 cm³/mol. The number of thiophene rings is 1. The second-order valence-corrected chi connectivity index (χ2v) is 9.37. The number of hydrogen-bond acceptors (Lipinski definition) is 5. The first-order valence-corrected chi connectivity index (χ1v) is 9.71. The lowest BCUT2D eigenvalue weighted by Gasteiger charge is -2.26. The van der Waals surface area contributed by atoms with Crippen molar-refractivity contribution < 1.29 is 9.53 Å². The third-order valence-electron chi connectivity index (χ3n) is 3.84. The highest BCUT2D eigenvalue weighted by Gasteiger charge is 2.25. The summed E-state index contributed by atoms with van der Waals surface area (Å²) < 4.78 is 7.83. The first kappa shape index (κ1) is 17.5. The molecule has 0 unspecified atom stereocenters. The van der Waals surface area contributed by atoms with Crippen LogP contribution in [0.1, 0.15) is 27.2 Å². The average Bonchev–Trinajstić information content (AvgIpc) is 2.71. The summed E-state index contributed by atoms with van der Waals surface area (Å²) in [6.07, 6.45) is 2.54. The van der Waals surface area contributed by atoms with Crippen molar-refractivity contribution in [3.8, 4) is 0 Å². The Labute approximate surface area is 154 Å². The number of fused-ring (bicyclic) bond motifs is 1. The number of rotatable bonds is 1. The molecule has 1 aliphatic rings. The normalized spacial score (nSPS) is 16.3. The minimum atomic E-state index is -0.459. The Balaban J connectivity index is 1.74. The van der Waals surface area contributed by atoms with E-state index in [1.165, 1.54) is 10.1 Å². The zero-order valence-corrected chi connectivity index (χ0v) is 16.6. The van der Waals surface area contributed by atoms with Crippen molar-refractivity contribution in [1.82, 2.24) is 9.88 Å². The third-order valence-corrected chi connectivity index (χ3v) is 5.44. The maximum Gasteiger partial charge on any atom is 0.410 e. The Kier molecular flexibility index (Phi) is 5.01. The fraction of sp³-hybridized carbons (Fsp3) is 0.529. The van der Waals surface area contributed by atoms with Gasteiger partial charge in [-0.05, 0) is 55.3 Å². The third kappa shape index (κ3) is 4.00. The van der Waals surface area contributed by atoms with E-state index < -0.39 is 5.60 Å². The van der Waals surface area contributed by atoms with Crippen molar-refractivity contribution in [1.29, 1.82) is 0 Å². The van der Waals surface area contributed by atoms with Gasteiger partial charge < -0.3 is 14.5 Å². The predicted octanol–water partition coefficient (Wildman–Crippen LogP) is 4.51. The van der Waals surface area contributed by atoms with Crippen LogP contribution < -0.4 is 4.90 Å². The van der Waals surface area contributed by atoms with Crippen LogP contribution >= 0.6 is 27.3 Å². The zero-order chi connectivity index (χ0) is 17.3. The number of amides is 1. The number of ether oxygens (including phenoxy) is 1. The molecule has 0 radical (unpaired) electrons. The van der Waals surface area contributed by atoms with Crippen molar-refractivity contribution in [3.63, 3.8) is 0 Å². The maximum atomic E-state index is 12.3. The molecular weight excluding hydrogens is 390 g/mol. The first-order valence-electron chi connectivity index (χ1n) is 8.10. The number of nitrogens with zero attached hydrogens (tertiary/aromatic N) is 3. The van der Waals surface area contributed by atoms with Gasteiger partial charge in [0.2, 0.25) is 0 Å². The van der Waals surface area contributed by atoms with Crippen molar-refractivity contribution >= 4 is 49.3 Å². The minimum Gasteiger partial charge on any atom is -0.444 e. The van der Waals surface area contributed by atoms with Crippen LogP contribution in [0.25, 0.3) is 10.1 Å². The Morgan fingerprint density at radius 2 is 2.08 bits per heavy atom. The fourth-order valence-electron chi connectivity index (χ4n) is 2.81. The van der Waals surface area contributed by atoms with E-state index in [0.717, 1.165) is 29.1 Å². The van der Waals surface area contributed by atoms with Gasteiger partial charge in [-0.1, -0.05) is 0 Å². The van der Waals surface area contributed by atoms with Gasteiger partial charge in [0.25, 0.3) is 0 Å². The molecule has 5 nitrogen and oxygen atoms in total. The monoisotopic (exact) mass is 411 g/mol. The topological polar surface area (TPSA) is 45.7 Å². The van der Waals surface area contributed by atoms with Gasteiger partial charge in [0.1, 0.15) is 11.4 Å². The maximum absolute atomic E-state index is 12.3. The number of pyridine rings is 1. The second kappa shape index (κ2) is 6.88. The van der Waals surface area contributed by atoms with Gasteiger partial charge in [-0.25, -0.2) is 9.78 Å². The van der Waals surface area contributed by atoms with Crippen molar-refractivity contribution in [2.75, 3.05) is 31.1 Å². The van der Waals surface area contributed by atoms with E-state index in [-0.39, 0.29) is 6.09 Å². The summed E-state index contributed by atoms with van der Waals surface area (Å²) in [5.41, 5.74) is -0.459. The van der Waals surface area contributed by atoms with E-state index in [0.29, 0.717) is 13.1 Å². The molecule has 3 heterocycles. The molecule has 1 amide bonds. The Morgan fingerprint density at radius 3 is 2.83 bits per heavy atom. The molecule has 0 spiro atoms. The molecule has 2 aromatic heterocycles. The Morgan fingerprint density at radius 1 is 1.29 bits per heavy atom. The van der Waals surface area contributed by atoms with Crippen LogP contribution in [-0.2, 0) is 4.74 Å². The van der Waals surface area contributed by atoms with Gasteiger partial charge in [0, 0.05) is 42.5 Å². The molecule has 0 aromatic carbocycles. The standard InChI is InChI=1S/C17H22BrN3O2S/c1-17(2,3)23-16(22)21-8-4-7-20(9-10-21)15-12-11-14(18)24-13(12)5-6-19-15/h5-6,11H,4,7-10H2,1-3H3. The lowest BCUT2D eigenvalue weighted by molar-refractivity contribution is 0.0263. The molecule has 7 heteroatoms. The van der Waals surface area contributed by atoms with E-state index >= 15 is 0 Å². The van der Waals surface area contributed by atoms with Gasteiger partial charge in [-0.3, -0.25) is 0 Å². The molecule has 24 heavy (non-hydrogen) atoms. The molecule has 0 bridgehead atoms. The van der Waals surface area contributed by atoms with E-state index in [2.05, 4.69) is 31.9 Å². The number of aromatic nitrogens is 1. The number of carbonyl (C=O) groups excluding carboxylic acids is 1. The summed E-state index contributed by atoms with van der Waals surface area (Å²) in [4.78, 5) is 21.0. The average molecular weight is 412 g/mol. The Hall–Kier alpha value is -1.34. The lowest BCUT2D eigenvalue weighted by Crippen LogP contribution is -2.39. The molecule has 1 aliphatic heterocycles. The summed E-state index contributed by atoms with van der Waals surface area (Å²) in [6, 6.07) is 4.16. The van der Waals surface area contributed by atoms with Crippen molar-refractivity contribution in [3.05, 3.63) is 22.1 Å². The highest BCUT2D eigenvalue weighted by atomic mass is 79.9. The van der Waals surface area contributed by atoms with Gasteiger partial charge in [-0.15, -0.1) is 11.3 Å². The molecule has 1 saturated heterocycles.